The lowest BCUT2D eigenvalue weighted by Gasteiger charge is -2.15. The van der Waals surface area contributed by atoms with Gasteiger partial charge < -0.3 is 9.15 Å². The molecule has 3 aromatic carbocycles. The largest absolute Gasteiger partial charge is 0.497 e. The second-order valence-electron chi connectivity index (χ2n) is 7.91. The Morgan fingerprint density at radius 3 is 2.42 bits per heavy atom. The number of methoxy groups -OCH3 is 1. The first-order valence-corrected chi connectivity index (χ1v) is 10.7. The Kier molecular flexibility index (Phi) is 5.26. The maximum atomic E-state index is 13.7. The van der Waals surface area contributed by atoms with Crippen molar-refractivity contribution in [1.82, 2.24) is 9.55 Å². The predicted molar refractivity (Wildman–Crippen MR) is 129 cm³/mol. The Bertz CT molecular complexity index is 1600. The van der Waals surface area contributed by atoms with Crippen LogP contribution in [0.4, 0.5) is 0 Å². The Balaban J connectivity index is 1.73. The van der Waals surface area contributed by atoms with Gasteiger partial charge in [0.25, 0.3) is 5.56 Å². The second-order valence-corrected chi connectivity index (χ2v) is 7.91. The summed E-state index contributed by atoms with van der Waals surface area (Å²) in [4.78, 5) is 31.6. The van der Waals surface area contributed by atoms with E-state index >= 15 is 0 Å². The zero-order valence-corrected chi connectivity index (χ0v) is 18.4. The molecule has 6 nitrogen and oxygen atoms in total. The topological polar surface area (TPSA) is 74.3 Å². The molecule has 33 heavy (non-hydrogen) atoms. The van der Waals surface area contributed by atoms with Crippen molar-refractivity contribution in [2.45, 2.75) is 19.9 Å². The number of aryl methyl sites for hydroxylation is 2. The van der Waals surface area contributed by atoms with E-state index in [0.717, 1.165) is 22.4 Å². The number of nitrogens with zero attached hydrogens (tertiary/aromatic N) is 2. The average Bonchev–Trinajstić information content (AvgIpc) is 2.84. The van der Waals surface area contributed by atoms with E-state index in [2.05, 4.69) is 0 Å². The number of para-hydroxylation sites is 1. The van der Waals surface area contributed by atoms with Gasteiger partial charge in [-0.15, -0.1) is 0 Å². The molecule has 5 aromatic rings. The van der Waals surface area contributed by atoms with Crippen molar-refractivity contribution in [2.75, 3.05) is 7.11 Å². The molecular formula is C27H22N2O4. The van der Waals surface area contributed by atoms with E-state index in [-0.39, 0.29) is 16.5 Å². The van der Waals surface area contributed by atoms with Crippen molar-refractivity contribution < 1.29 is 9.15 Å². The maximum absolute atomic E-state index is 13.7. The summed E-state index contributed by atoms with van der Waals surface area (Å²) in [5.41, 5.74) is 2.55. The third-order valence-corrected chi connectivity index (χ3v) is 5.87. The standard InChI is InChI=1S/C27H22N2O4/c1-17-7-3-4-8-20(17)25-28-26-23(24(30)21-9-5-6-10-22(21)33-26)27(31)29(25)16-15-18-11-13-19(32-2)14-12-18/h3-14H,15-16H2,1-2H3. The molecule has 0 aliphatic heterocycles. The van der Waals surface area contributed by atoms with Crippen LogP contribution in [0, 0.1) is 6.92 Å². The minimum absolute atomic E-state index is 0.0271. The van der Waals surface area contributed by atoms with E-state index in [1.165, 1.54) is 0 Å². The predicted octanol–water partition coefficient (Wildman–Crippen LogP) is 4.73. The van der Waals surface area contributed by atoms with Crippen LogP contribution in [0.15, 0.2) is 86.8 Å². The molecule has 164 valence electrons. The van der Waals surface area contributed by atoms with Crippen LogP contribution in [-0.4, -0.2) is 16.7 Å². The summed E-state index contributed by atoms with van der Waals surface area (Å²) in [5, 5.41) is 0.343. The summed E-state index contributed by atoms with van der Waals surface area (Å²) in [6.07, 6.45) is 0.592. The van der Waals surface area contributed by atoms with Gasteiger partial charge in [0.15, 0.2) is 5.39 Å². The number of fused-ring (bicyclic) bond motifs is 2. The summed E-state index contributed by atoms with van der Waals surface area (Å²) >= 11 is 0. The Labute approximate surface area is 189 Å². The van der Waals surface area contributed by atoms with Crippen LogP contribution in [0.5, 0.6) is 5.75 Å². The SMILES string of the molecule is COc1ccc(CCn2c(-c3ccccc3C)nc3oc4ccccc4c(=O)c3c2=O)cc1. The van der Waals surface area contributed by atoms with Crippen LogP contribution in [0.1, 0.15) is 11.1 Å². The first-order valence-electron chi connectivity index (χ1n) is 10.7. The van der Waals surface area contributed by atoms with Crippen molar-refractivity contribution in [1.29, 1.82) is 0 Å². The zero-order valence-electron chi connectivity index (χ0n) is 18.4. The normalized spacial score (nSPS) is 11.2. The van der Waals surface area contributed by atoms with Crippen molar-refractivity contribution in [3.05, 3.63) is 105 Å². The van der Waals surface area contributed by atoms with Crippen LogP contribution in [-0.2, 0) is 13.0 Å². The van der Waals surface area contributed by atoms with Crippen LogP contribution < -0.4 is 15.7 Å². The summed E-state index contributed by atoms with van der Waals surface area (Å²) in [7, 11) is 1.62. The fourth-order valence-corrected chi connectivity index (χ4v) is 4.06. The van der Waals surface area contributed by atoms with Gasteiger partial charge in [0.2, 0.25) is 11.1 Å². The van der Waals surface area contributed by atoms with E-state index < -0.39 is 5.56 Å². The van der Waals surface area contributed by atoms with Crippen LogP contribution >= 0.6 is 0 Å². The van der Waals surface area contributed by atoms with Gasteiger partial charge in [-0.25, -0.2) is 0 Å². The summed E-state index contributed by atoms with van der Waals surface area (Å²) in [6, 6.07) is 22.4. The quantitative estimate of drug-likeness (QED) is 0.371. The molecule has 6 heteroatoms. The maximum Gasteiger partial charge on any atom is 0.269 e. The number of rotatable bonds is 5. The monoisotopic (exact) mass is 438 g/mol. The van der Waals surface area contributed by atoms with Gasteiger partial charge >= 0.3 is 0 Å². The second kappa shape index (κ2) is 8.39. The third kappa shape index (κ3) is 3.69. The van der Waals surface area contributed by atoms with Gasteiger partial charge in [-0.05, 0) is 48.7 Å². The highest BCUT2D eigenvalue weighted by Crippen LogP contribution is 2.24. The summed E-state index contributed by atoms with van der Waals surface area (Å²) in [5.74, 6) is 1.26. The highest BCUT2D eigenvalue weighted by atomic mass is 16.5. The Morgan fingerprint density at radius 1 is 0.939 bits per heavy atom. The van der Waals surface area contributed by atoms with Crippen LogP contribution in [0.25, 0.3) is 33.5 Å². The van der Waals surface area contributed by atoms with Gasteiger partial charge in [0.1, 0.15) is 17.2 Å². The van der Waals surface area contributed by atoms with E-state index in [9.17, 15) is 9.59 Å². The molecule has 2 heterocycles. The molecule has 0 radical (unpaired) electrons. The smallest absolute Gasteiger partial charge is 0.269 e. The lowest BCUT2D eigenvalue weighted by molar-refractivity contribution is 0.414. The zero-order chi connectivity index (χ0) is 22.9. The molecular weight excluding hydrogens is 416 g/mol. The number of hydrogen-bond donors (Lipinski definition) is 0. The van der Waals surface area contributed by atoms with Crippen LogP contribution in [0.3, 0.4) is 0 Å². The number of aromatic nitrogens is 2. The molecule has 0 N–H and O–H groups in total. The fourth-order valence-electron chi connectivity index (χ4n) is 4.06. The number of benzene rings is 3. The highest BCUT2D eigenvalue weighted by Gasteiger charge is 2.19. The van der Waals surface area contributed by atoms with Gasteiger partial charge in [-0.3, -0.25) is 14.2 Å². The van der Waals surface area contributed by atoms with E-state index in [1.807, 2.05) is 55.5 Å². The molecule has 5 rings (SSSR count). The summed E-state index contributed by atoms with van der Waals surface area (Å²) < 4.78 is 12.7. The first-order chi connectivity index (χ1) is 16.1. The average molecular weight is 438 g/mol. The molecule has 0 saturated heterocycles. The molecule has 0 bridgehead atoms. The fraction of sp³-hybridized carbons (Fsp3) is 0.148. The van der Waals surface area contributed by atoms with E-state index in [4.69, 9.17) is 14.1 Å². The minimum atomic E-state index is -0.397. The van der Waals surface area contributed by atoms with Crippen molar-refractivity contribution in [3.8, 4) is 17.1 Å². The van der Waals surface area contributed by atoms with Crippen molar-refractivity contribution in [2.24, 2.45) is 0 Å². The Morgan fingerprint density at radius 2 is 1.67 bits per heavy atom. The van der Waals surface area contributed by atoms with E-state index in [0.29, 0.717) is 29.8 Å². The summed E-state index contributed by atoms with van der Waals surface area (Å²) in [6.45, 7) is 2.33. The van der Waals surface area contributed by atoms with Gasteiger partial charge in [-0.2, -0.15) is 4.98 Å². The molecule has 0 unspecified atom stereocenters. The molecule has 0 atom stereocenters. The molecule has 0 fully saturated rings. The molecule has 0 aliphatic rings. The lowest BCUT2D eigenvalue weighted by atomic mass is 10.1. The molecule has 2 aromatic heterocycles. The molecule has 0 saturated carbocycles. The van der Waals surface area contributed by atoms with Gasteiger partial charge in [-0.1, -0.05) is 48.5 Å². The van der Waals surface area contributed by atoms with Crippen LogP contribution in [0.2, 0.25) is 0 Å². The van der Waals surface area contributed by atoms with Crippen molar-refractivity contribution in [3.63, 3.8) is 0 Å². The minimum Gasteiger partial charge on any atom is -0.497 e. The van der Waals surface area contributed by atoms with E-state index in [1.54, 1.807) is 35.9 Å². The van der Waals surface area contributed by atoms with Crippen molar-refractivity contribution >= 4 is 22.1 Å². The number of ether oxygens (including phenoxy) is 1. The van der Waals surface area contributed by atoms with Gasteiger partial charge in [0.05, 0.1) is 12.5 Å². The molecule has 0 aliphatic carbocycles. The Hall–Kier alpha value is -4.19. The highest BCUT2D eigenvalue weighted by molar-refractivity contribution is 5.88. The first kappa shape index (κ1) is 20.7. The third-order valence-electron chi connectivity index (χ3n) is 5.87. The molecule has 0 spiro atoms. The lowest BCUT2D eigenvalue weighted by Crippen LogP contribution is -2.28. The molecule has 0 amide bonds. The van der Waals surface area contributed by atoms with Gasteiger partial charge in [0, 0.05) is 12.1 Å². The number of hydrogen-bond acceptors (Lipinski definition) is 5.